The molecule has 1 atom stereocenters. The van der Waals surface area contributed by atoms with E-state index in [9.17, 15) is 0 Å². The summed E-state index contributed by atoms with van der Waals surface area (Å²) in [4.78, 5) is 8.29. The van der Waals surface area contributed by atoms with Crippen LogP contribution in [-0.2, 0) is 0 Å². The summed E-state index contributed by atoms with van der Waals surface area (Å²) in [6, 6.07) is 1.70. The van der Waals surface area contributed by atoms with E-state index in [1.54, 1.807) is 13.0 Å². The van der Waals surface area contributed by atoms with Crippen molar-refractivity contribution < 1.29 is 4.74 Å². The Morgan fingerprint density at radius 2 is 2.06 bits per heavy atom. The van der Waals surface area contributed by atoms with Gasteiger partial charge in [-0.25, -0.2) is 10.8 Å². The third-order valence-electron chi connectivity index (χ3n) is 2.09. The molecular weight excluding hydrogens is 204 g/mol. The lowest BCUT2D eigenvalue weighted by Crippen LogP contribution is -2.16. The first kappa shape index (κ1) is 12.7. The van der Waals surface area contributed by atoms with E-state index >= 15 is 0 Å². The maximum absolute atomic E-state index is 5.70. The Morgan fingerprint density at radius 3 is 2.62 bits per heavy atom. The lowest BCUT2D eigenvalue weighted by atomic mass is 10.1. The van der Waals surface area contributed by atoms with Crippen molar-refractivity contribution in [2.45, 2.75) is 40.2 Å². The minimum atomic E-state index is 0.139. The number of nitrogens with zero attached hydrogens (tertiary/aromatic N) is 2. The zero-order valence-corrected chi connectivity index (χ0v) is 10.3. The van der Waals surface area contributed by atoms with Crippen LogP contribution in [0, 0.1) is 12.8 Å². The fraction of sp³-hybridized carbons (Fsp3) is 0.636. The van der Waals surface area contributed by atoms with Gasteiger partial charge in [-0.2, -0.15) is 4.98 Å². The van der Waals surface area contributed by atoms with Crippen molar-refractivity contribution in [1.29, 1.82) is 0 Å². The number of aromatic nitrogens is 2. The summed E-state index contributed by atoms with van der Waals surface area (Å²) in [7, 11) is 0. The van der Waals surface area contributed by atoms with E-state index < -0.39 is 0 Å². The van der Waals surface area contributed by atoms with Crippen LogP contribution in [-0.4, -0.2) is 16.1 Å². The van der Waals surface area contributed by atoms with Crippen LogP contribution in [0.4, 0.5) is 5.82 Å². The molecule has 5 nitrogen and oxygen atoms in total. The monoisotopic (exact) mass is 224 g/mol. The van der Waals surface area contributed by atoms with Gasteiger partial charge >= 0.3 is 0 Å². The third-order valence-corrected chi connectivity index (χ3v) is 2.09. The Bertz CT molecular complexity index is 341. The van der Waals surface area contributed by atoms with Crippen molar-refractivity contribution in [3.8, 4) is 5.88 Å². The molecular formula is C11H20N4O. The number of hydrazine groups is 1. The number of rotatable bonds is 5. The third kappa shape index (κ3) is 4.02. The smallest absolute Gasteiger partial charge is 0.219 e. The summed E-state index contributed by atoms with van der Waals surface area (Å²) in [5.41, 5.74) is 2.49. The minimum absolute atomic E-state index is 0.139. The van der Waals surface area contributed by atoms with Gasteiger partial charge in [0.2, 0.25) is 5.88 Å². The number of hydrogen-bond acceptors (Lipinski definition) is 5. The van der Waals surface area contributed by atoms with E-state index in [2.05, 4.69) is 29.2 Å². The van der Waals surface area contributed by atoms with E-state index in [0.29, 0.717) is 23.4 Å². The summed E-state index contributed by atoms with van der Waals surface area (Å²) in [6.07, 6.45) is 1.13. The molecule has 0 bridgehead atoms. The molecule has 5 heteroatoms. The highest BCUT2D eigenvalue weighted by atomic mass is 16.5. The van der Waals surface area contributed by atoms with Crippen molar-refractivity contribution >= 4 is 5.82 Å². The predicted octanol–water partition coefficient (Wildman–Crippen LogP) is 1.88. The van der Waals surface area contributed by atoms with Crippen LogP contribution in [0.25, 0.3) is 0 Å². The van der Waals surface area contributed by atoms with Gasteiger partial charge in [0.15, 0.2) is 0 Å². The van der Waals surface area contributed by atoms with Gasteiger partial charge in [-0.15, -0.1) is 0 Å². The molecule has 0 saturated heterocycles. The van der Waals surface area contributed by atoms with Crippen LogP contribution >= 0.6 is 0 Å². The van der Waals surface area contributed by atoms with Crippen LogP contribution in [0.3, 0.4) is 0 Å². The lowest BCUT2D eigenvalue weighted by Gasteiger charge is -2.16. The van der Waals surface area contributed by atoms with E-state index in [4.69, 9.17) is 10.6 Å². The first-order valence-corrected chi connectivity index (χ1v) is 5.50. The quantitative estimate of drug-likeness (QED) is 0.590. The number of anilines is 1. The molecule has 0 amide bonds. The lowest BCUT2D eigenvalue weighted by molar-refractivity contribution is 0.185. The fourth-order valence-electron chi connectivity index (χ4n) is 1.59. The summed E-state index contributed by atoms with van der Waals surface area (Å²) >= 11 is 0. The van der Waals surface area contributed by atoms with E-state index in [1.807, 2.05) is 6.92 Å². The van der Waals surface area contributed by atoms with Crippen molar-refractivity contribution in [2.24, 2.45) is 11.8 Å². The second-order valence-corrected chi connectivity index (χ2v) is 4.34. The molecule has 0 saturated carbocycles. The molecule has 0 aromatic carbocycles. The molecule has 1 heterocycles. The molecule has 16 heavy (non-hydrogen) atoms. The van der Waals surface area contributed by atoms with Crippen molar-refractivity contribution in [3.05, 3.63) is 11.9 Å². The molecule has 0 spiro atoms. The van der Waals surface area contributed by atoms with Crippen LogP contribution < -0.4 is 16.0 Å². The Labute approximate surface area is 96.4 Å². The second-order valence-electron chi connectivity index (χ2n) is 4.34. The highest BCUT2D eigenvalue weighted by Gasteiger charge is 2.09. The maximum Gasteiger partial charge on any atom is 0.219 e. The molecule has 1 rings (SSSR count). The maximum atomic E-state index is 5.70. The summed E-state index contributed by atoms with van der Waals surface area (Å²) in [6.45, 7) is 8.17. The molecule has 0 aliphatic rings. The zero-order valence-electron chi connectivity index (χ0n) is 10.3. The van der Waals surface area contributed by atoms with Gasteiger partial charge in [-0.05, 0) is 26.2 Å². The molecule has 0 radical (unpaired) electrons. The Hall–Kier alpha value is -1.36. The molecule has 3 N–H and O–H groups in total. The highest BCUT2D eigenvalue weighted by molar-refractivity contribution is 5.36. The Kier molecular flexibility index (Phi) is 4.49. The van der Waals surface area contributed by atoms with Gasteiger partial charge in [0.1, 0.15) is 11.6 Å². The molecule has 90 valence electrons. The Balaban J connectivity index is 2.69. The molecule has 0 fully saturated rings. The number of nitrogens with one attached hydrogen (secondary N) is 1. The zero-order chi connectivity index (χ0) is 12.1. The molecule has 1 aromatic heterocycles. The standard InChI is InChI=1S/C11H20N4O/c1-7(2)5-8(3)16-11-6-10(15-12)13-9(4)14-11/h6-8H,5,12H2,1-4H3,(H,13,14,15). The van der Waals surface area contributed by atoms with Gasteiger partial charge in [-0.3, -0.25) is 0 Å². The SMILES string of the molecule is Cc1nc(NN)cc(OC(C)CC(C)C)n1. The van der Waals surface area contributed by atoms with Gasteiger partial charge < -0.3 is 10.2 Å². The molecule has 1 unspecified atom stereocenters. The first-order valence-electron chi connectivity index (χ1n) is 5.50. The summed E-state index contributed by atoms with van der Waals surface area (Å²) in [5, 5.41) is 0. The normalized spacial score (nSPS) is 12.6. The Morgan fingerprint density at radius 1 is 1.38 bits per heavy atom. The van der Waals surface area contributed by atoms with Crippen LogP contribution in [0.15, 0.2) is 6.07 Å². The molecule has 0 aliphatic carbocycles. The van der Waals surface area contributed by atoms with E-state index in [-0.39, 0.29) is 6.10 Å². The van der Waals surface area contributed by atoms with Crippen molar-refractivity contribution in [1.82, 2.24) is 9.97 Å². The number of hydrogen-bond donors (Lipinski definition) is 2. The van der Waals surface area contributed by atoms with Crippen molar-refractivity contribution in [3.63, 3.8) is 0 Å². The fourth-order valence-corrected chi connectivity index (χ4v) is 1.59. The molecule has 1 aromatic rings. The second kappa shape index (κ2) is 5.65. The average Bonchev–Trinajstić information content (AvgIpc) is 2.14. The predicted molar refractivity (Wildman–Crippen MR) is 64.1 cm³/mol. The first-order chi connectivity index (χ1) is 7.51. The van der Waals surface area contributed by atoms with Gasteiger partial charge in [0.25, 0.3) is 0 Å². The number of nitrogen functional groups attached to an aromatic ring is 1. The van der Waals surface area contributed by atoms with E-state index in [1.165, 1.54) is 0 Å². The van der Waals surface area contributed by atoms with Crippen LogP contribution in [0.5, 0.6) is 5.88 Å². The van der Waals surface area contributed by atoms with Crippen LogP contribution in [0.1, 0.15) is 33.0 Å². The average molecular weight is 224 g/mol. The van der Waals surface area contributed by atoms with Crippen molar-refractivity contribution in [2.75, 3.05) is 5.43 Å². The summed E-state index contributed by atoms with van der Waals surface area (Å²) in [5.74, 6) is 7.68. The number of nitrogens with two attached hydrogens (primary N) is 1. The largest absolute Gasteiger partial charge is 0.474 e. The van der Waals surface area contributed by atoms with Gasteiger partial charge in [0.05, 0.1) is 6.10 Å². The van der Waals surface area contributed by atoms with Crippen LogP contribution in [0.2, 0.25) is 0 Å². The summed E-state index contributed by atoms with van der Waals surface area (Å²) < 4.78 is 5.70. The van der Waals surface area contributed by atoms with Gasteiger partial charge in [-0.1, -0.05) is 13.8 Å². The number of aryl methyl sites for hydroxylation is 1. The highest BCUT2D eigenvalue weighted by Crippen LogP contribution is 2.16. The van der Waals surface area contributed by atoms with Gasteiger partial charge in [0, 0.05) is 6.07 Å². The topological polar surface area (TPSA) is 73.1 Å². The number of ether oxygens (including phenoxy) is 1. The van der Waals surface area contributed by atoms with E-state index in [0.717, 1.165) is 6.42 Å². The minimum Gasteiger partial charge on any atom is -0.474 e. The molecule has 0 aliphatic heterocycles.